The second-order valence-electron chi connectivity index (χ2n) is 8.26. The molecule has 0 bridgehead atoms. The van der Waals surface area contributed by atoms with Crippen LogP contribution in [0, 0.1) is 11.8 Å². The van der Waals surface area contributed by atoms with Gasteiger partial charge >= 0.3 is 5.97 Å². The summed E-state index contributed by atoms with van der Waals surface area (Å²) >= 11 is 0. The number of Topliss-reactive ketones (excluding diaryl/α,β-unsaturated/α-hetero) is 1. The molecule has 0 saturated carbocycles. The van der Waals surface area contributed by atoms with E-state index in [1.54, 1.807) is 0 Å². The number of benzene rings is 2. The van der Waals surface area contributed by atoms with Crippen molar-refractivity contribution in [1.29, 1.82) is 0 Å². The molecule has 2 aromatic carbocycles. The highest BCUT2D eigenvalue weighted by Gasteiger charge is 2.43. The second-order valence-corrected chi connectivity index (χ2v) is 8.26. The lowest BCUT2D eigenvalue weighted by molar-refractivity contribution is -0.140. The third-order valence-electron chi connectivity index (χ3n) is 5.62. The van der Waals surface area contributed by atoms with E-state index in [1.165, 1.54) is 6.92 Å². The quantitative estimate of drug-likeness (QED) is 0.469. The maximum absolute atomic E-state index is 12.9. The van der Waals surface area contributed by atoms with Crippen LogP contribution in [0.15, 0.2) is 54.6 Å². The number of nitrogen functional groups attached to an aromatic ring is 1. The lowest BCUT2D eigenvalue weighted by atomic mass is 9.74. The molecule has 2 rings (SSSR count). The summed E-state index contributed by atoms with van der Waals surface area (Å²) in [7, 11) is 1.99. The molecule has 0 spiro atoms. The van der Waals surface area contributed by atoms with Crippen LogP contribution in [0.4, 0.5) is 5.69 Å². The zero-order valence-electron chi connectivity index (χ0n) is 18.6. The molecule has 1 atom stereocenters. The van der Waals surface area contributed by atoms with Crippen molar-refractivity contribution in [3.63, 3.8) is 0 Å². The number of ether oxygens (including phenoxy) is 1. The zero-order valence-corrected chi connectivity index (χ0v) is 18.6. The van der Waals surface area contributed by atoms with Gasteiger partial charge in [-0.2, -0.15) is 0 Å². The van der Waals surface area contributed by atoms with E-state index in [9.17, 15) is 9.59 Å². The highest BCUT2D eigenvalue weighted by Crippen LogP contribution is 2.39. The predicted molar refractivity (Wildman–Crippen MR) is 121 cm³/mol. The molecule has 0 saturated heterocycles. The van der Waals surface area contributed by atoms with E-state index in [0.717, 1.165) is 17.0 Å². The standard InChI is InChI=1S/C25H33N2O3/c1-18(2)24(29)15-25(4,27(5)16-20-11-7-6-8-12-20)22(17-30-19(3)28)21-13-9-10-14-23(21)26/h6-14,18H,15-17,26H2,1-5H3. The number of hydrogen-bond donors (Lipinski definition) is 1. The number of carbonyl (C=O) groups excluding carboxylic acids is 2. The molecular formula is C25H33N2O3. The molecule has 0 amide bonds. The number of carbonyl (C=O) groups is 2. The predicted octanol–water partition coefficient (Wildman–Crippen LogP) is 4.26. The van der Waals surface area contributed by atoms with Gasteiger partial charge in [-0.1, -0.05) is 62.4 Å². The summed E-state index contributed by atoms with van der Waals surface area (Å²) in [6.07, 6.45) is 0.291. The van der Waals surface area contributed by atoms with Crippen molar-refractivity contribution >= 4 is 17.4 Å². The number of rotatable bonds is 10. The van der Waals surface area contributed by atoms with Gasteiger partial charge in [-0.15, -0.1) is 0 Å². The van der Waals surface area contributed by atoms with Gasteiger partial charge in [0.2, 0.25) is 0 Å². The summed E-state index contributed by atoms with van der Waals surface area (Å²) in [5.41, 5.74) is 8.14. The third-order valence-corrected chi connectivity index (χ3v) is 5.62. The number of nitrogens with zero attached hydrogens (tertiary/aromatic N) is 1. The van der Waals surface area contributed by atoms with E-state index < -0.39 is 5.54 Å². The van der Waals surface area contributed by atoms with Gasteiger partial charge in [0.15, 0.2) is 0 Å². The zero-order chi connectivity index (χ0) is 22.3. The van der Waals surface area contributed by atoms with Crippen molar-refractivity contribution in [3.8, 4) is 0 Å². The fourth-order valence-electron chi connectivity index (χ4n) is 3.52. The molecule has 0 fully saturated rings. The molecule has 0 heterocycles. The van der Waals surface area contributed by atoms with E-state index in [-0.39, 0.29) is 24.3 Å². The number of likely N-dealkylation sites (N-methyl/N-ethyl adjacent to an activating group) is 1. The van der Waals surface area contributed by atoms with Crippen LogP contribution in [0.3, 0.4) is 0 Å². The second kappa shape index (κ2) is 10.4. The van der Waals surface area contributed by atoms with Crippen molar-refractivity contribution < 1.29 is 14.3 Å². The van der Waals surface area contributed by atoms with Gasteiger partial charge in [0.25, 0.3) is 0 Å². The molecule has 0 aliphatic rings. The first kappa shape index (κ1) is 23.6. The lowest BCUT2D eigenvalue weighted by Gasteiger charge is -2.45. The van der Waals surface area contributed by atoms with Crippen LogP contribution < -0.4 is 5.73 Å². The van der Waals surface area contributed by atoms with Crippen LogP contribution in [0.2, 0.25) is 0 Å². The molecule has 30 heavy (non-hydrogen) atoms. The van der Waals surface area contributed by atoms with Crippen molar-refractivity contribution in [1.82, 2.24) is 4.90 Å². The number of para-hydroxylation sites is 1. The van der Waals surface area contributed by atoms with Gasteiger partial charge in [-0.05, 0) is 31.2 Å². The van der Waals surface area contributed by atoms with Crippen LogP contribution in [0.25, 0.3) is 0 Å². The van der Waals surface area contributed by atoms with E-state index in [4.69, 9.17) is 10.5 Å². The highest BCUT2D eigenvalue weighted by atomic mass is 16.5. The summed E-state index contributed by atoms with van der Waals surface area (Å²) in [4.78, 5) is 26.7. The minimum Gasteiger partial charge on any atom is -0.465 e. The van der Waals surface area contributed by atoms with Crippen LogP contribution in [-0.4, -0.2) is 35.8 Å². The molecule has 2 N–H and O–H groups in total. The van der Waals surface area contributed by atoms with E-state index >= 15 is 0 Å². The van der Waals surface area contributed by atoms with E-state index in [1.807, 2.05) is 70.3 Å². The van der Waals surface area contributed by atoms with Gasteiger partial charge in [0.1, 0.15) is 12.4 Å². The number of ketones is 1. The first-order valence-electron chi connectivity index (χ1n) is 10.3. The highest BCUT2D eigenvalue weighted by molar-refractivity contribution is 5.82. The fraction of sp³-hybridized carbons (Fsp3) is 0.400. The molecule has 5 nitrogen and oxygen atoms in total. The SMILES string of the molecule is CC(=O)OC[C](c1ccccc1N)C(C)(CC(=O)C(C)C)N(C)Cc1ccccc1. The molecule has 1 unspecified atom stereocenters. The number of nitrogens with two attached hydrogens (primary N) is 1. The molecule has 2 aromatic rings. The van der Waals surface area contributed by atoms with Crippen LogP contribution in [0.5, 0.6) is 0 Å². The Morgan fingerprint density at radius 3 is 2.23 bits per heavy atom. The number of esters is 1. The molecule has 161 valence electrons. The van der Waals surface area contributed by atoms with E-state index in [2.05, 4.69) is 17.0 Å². The maximum atomic E-state index is 12.9. The molecular weight excluding hydrogens is 376 g/mol. The van der Waals surface area contributed by atoms with Gasteiger partial charge in [0.05, 0.1) is 5.92 Å². The minimum absolute atomic E-state index is 0.0740. The fourth-order valence-corrected chi connectivity index (χ4v) is 3.52. The first-order valence-corrected chi connectivity index (χ1v) is 10.3. The molecule has 0 aliphatic heterocycles. The average Bonchev–Trinajstić information content (AvgIpc) is 2.69. The Labute approximate surface area is 180 Å². The summed E-state index contributed by atoms with van der Waals surface area (Å²) in [6.45, 7) is 7.94. The third kappa shape index (κ3) is 5.92. The summed E-state index contributed by atoms with van der Waals surface area (Å²) in [6, 6.07) is 17.6. The Bertz CT molecular complexity index is 850. The Balaban J connectivity index is 2.51. The molecule has 1 radical (unpaired) electrons. The summed E-state index contributed by atoms with van der Waals surface area (Å²) in [5.74, 6) is 0.498. The van der Waals surface area contributed by atoms with Crippen LogP contribution in [0.1, 0.15) is 45.2 Å². The Kier molecular flexibility index (Phi) is 8.18. The van der Waals surface area contributed by atoms with Crippen molar-refractivity contribution in [3.05, 3.63) is 71.6 Å². The van der Waals surface area contributed by atoms with Gasteiger partial charge in [-0.3, -0.25) is 14.5 Å². The van der Waals surface area contributed by atoms with Gasteiger partial charge in [0, 0.05) is 37.0 Å². The molecule has 0 aromatic heterocycles. The van der Waals surface area contributed by atoms with Crippen LogP contribution in [-0.2, 0) is 20.9 Å². The smallest absolute Gasteiger partial charge is 0.302 e. The van der Waals surface area contributed by atoms with E-state index in [0.29, 0.717) is 18.7 Å². The maximum Gasteiger partial charge on any atom is 0.302 e. The van der Waals surface area contributed by atoms with Gasteiger partial charge in [-0.25, -0.2) is 0 Å². The van der Waals surface area contributed by atoms with Crippen molar-refractivity contribution in [2.24, 2.45) is 5.92 Å². The Morgan fingerprint density at radius 1 is 1.07 bits per heavy atom. The van der Waals surface area contributed by atoms with Crippen LogP contribution >= 0.6 is 0 Å². The summed E-state index contributed by atoms with van der Waals surface area (Å²) < 4.78 is 5.43. The lowest BCUT2D eigenvalue weighted by Crippen LogP contribution is -2.52. The topological polar surface area (TPSA) is 72.6 Å². The van der Waals surface area contributed by atoms with Gasteiger partial charge < -0.3 is 10.5 Å². The normalized spacial score (nSPS) is 13.5. The number of hydrogen-bond acceptors (Lipinski definition) is 5. The average molecular weight is 410 g/mol. The Hall–Kier alpha value is -2.66. The summed E-state index contributed by atoms with van der Waals surface area (Å²) in [5, 5.41) is 0. The Morgan fingerprint density at radius 2 is 1.67 bits per heavy atom. The number of anilines is 1. The van der Waals surface area contributed by atoms with Crippen molar-refractivity contribution in [2.75, 3.05) is 19.4 Å². The minimum atomic E-state index is -0.692. The molecule has 0 aliphatic carbocycles. The molecule has 5 heteroatoms. The largest absolute Gasteiger partial charge is 0.465 e. The van der Waals surface area contributed by atoms with Crippen molar-refractivity contribution in [2.45, 2.75) is 46.2 Å². The monoisotopic (exact) mass is 409 g/mol. The first-order chi connectivity index (χ1) is 14.1.